The second-order valence-electron chi connectivity index (χ2n) is 2.90. The number of rotatable bonds is 4. The Labute approximate surface area is 83.0 Å². The largest absolute Gasteiger partial charge is 0.396 e. The summed E-state index contributed by atoms with van der Waals surface area (Å²) in [5.41, 5.74) is 0. The minimum atomic E-state index is -3.51. The molecule has 14 heavy (non-hydrogen) atoms. The fourth-order valence-electron chi connectivity index (χ4n) is 0.984. The average molecular weight is 219 g/mol. The molecular weight excluding hydrogens is 206 g/mol. The summed E-state index contributed by atoms with van der Waals surface area (Å²) >= 11 is 0. The van der Waals surface area contributed by atoms with Gasteiger partial charge in [-0.2, -0.15) is 12.7 Å². The van der Waals surface area contributed by atoms with Gasteiger partial charge in [-0.1, -0.05) is 0 Å². The predicted octanol–water partition coefficient (Wildman–Crippen LogP) is -0.928. The Hall–Kier alpha value is -0.920. The summed E-state index contributed by atoms with van der Waals surface area (Å²) in [7, 11) is -0.625. The Bertz CT molecular complexity index is 396. The molecule has 0 bridgehead atoms. The molecule has 0 amide bonds. The van der Waals surface area contributed by atoms with E-state index in [1.807, 2.05) is 0 Å². The molecule has 1 aromatic rings. The van der Waals surface area contributed by atoms with Crippen LogP contribution in [0.2, 0.25) is 0 Å². The SMILES string of the molecule is CN(C)S(=O)(=O)n1ccnc1CCO. The lowest BCUT2D eigenvalue weighted by molar-refractivity contribution is 0.296. The van der Waals surface area contributed by atoms with Gasteiger partial charge in [-0.25, -0.2) is 8.96 Å². The predicted molar refractivity (Wildman–Crippen MR) is 51.0 cm³/mol. The molecule has 80 valence electrons. The first kappa shape index (κ1) is 11.2. The first-order valence-corrected chi connectivity index (χ1v) is 5.46. The van der Waals surface area contributed by atoms with Gasteiger partial charge in [-0.3, -0.25) is 0 Å². The molecule has 7 heteroatoms. The molecule has 0 fully saturated rings. The number of imidazole rings is 1. The van der Waals surface area contributed by atoms with Gasteiger partial charge in [0.1, 0.15) is 5.82 Å². The van der Waals surface area contributed by atoms with E-state index in [1.165, 1.54) is 26.5 Å². The second-order valence-corrected chi connectivity index (χ2v) is 4.92. The Kier molecular flexibility index (Phi) is 3.25. The highest BCUT2D eigenvalue weighted by Crippen LogP contribution is 2.06. The van der Waals surface area contributed by atoms with Crippen molar-refractivity contribution in [1.82, 2.24) is 13.3 Å². The first-order chi connectivity index (χ1) is 6.50. The zero-order valence-electron chi connectivity index (χ0n) is 8.08. The van der Waals surface area contributed by atoms with Crippen LogP contribution in [0.4, 0.5) is 0 Å². The van der Waals surface area contributed by atoms with Crippen LogP contribution in [0.15, 0.2) is 12.4 Å². The van der Waals surface area contributed by atoms with Crippen LogP contribution < -0.4 is 0 Å². The monoisotopic (exact) mass is 219 g/mol. The van der Waals surface area contributed by atoms with Gasteiger partial charge in [-0.05, 0) is 0 Å². The molecule has 0 aliphatic rings. The fourth-order valence-corrected chi connectivity index (χ4v) is 1.95. The Balaban J connectivity index is 3.13. The van der Waals surface area contributed by atoms with Gasteiger partial charge >= 0.3 is 10.2 Å². The maximum atomic E-state index is 11.7. The minimum absolute atomic E-state index is 0.125. The summed E-state index contributed by atoms with van der Waals surface area (Å²) < 4.78 is 25.5. The molecule has 1 heterocycles. The van der Waals surface area contributed by atoms with E-state index in [9.17, 15) is 8.42 Å². The summed E-state index contributed by atoms with van der Waals surface area (Å²) in [6.45, 7) is -0.125. The molecule has 0 unspecified atom stereocenters. The van der Waals surface area contributed by atoms with Gasteiger partial charge in [0.25, 0.3) is 0 Å². The van der Waals surface area contributed by atoms with Gasteiger partial charge in [-0.15, -0.1) is 0 Å². The summed E-state index contributed by atoms with van der Waals surface area (Å²) in [4.78, 5) is 3.85. The number of hydrogen-bond donors (Lipinski definition) is 1. The number of aliphatic hydroxyl groups excluding tert-OH is 1. The zero-order valence-corrected chi connectivity index (χ0v) is 8.90. The minimum Gasteiger partial charge on any atom is -0.396 e. The molecule has 0 saturated heterocycles. The molecule has 0 radical (unpaired) electrons. The van der Waals surface area contributed by atoms with Gasteiger partial charge in [0.2, 0.25) is 0 Å². The van der Waals surface area contributed by atoms with E-state index in [2.05, 4.69) is 4.98 Å². The smallest absolute Gasteiger partial charge is 0.308 e. The molecule has 0 atom stereocenters. The van der Waals surface area contributed by atoms with Gasteiger partial charge in [0, 0.05) is 32.9 Å². The van der Waals surface area contributed by atoms with Crippen molar-refractivity contribution < 1.29 is 13.5 Å². The Morgan fingerprint density at radius 2 is 2.21 bits per heavy atom. The lowest BCUT2D eigenvalue weighted by atomic mass is 10.4. The van der Waals surface area contributed by atoms with Crippen molar-refractivity contribution in [3.8, 4) is 0 Å². The normalized spacial score (nSPS) is 12.3. The third-order valence-electron chi connectivity index (χ3n) is 1.73. The third kappa shape index (κ3) is 1.94. The molecule has 0 aromatic carbocycles. The topological polar surface area (TPSA) is 75.4 Å². The maximum Gasteiger partial charge on any atom is 0.308 e. The van der Waals surface area contributed by atoms with Crippen LogP contribution in [0.3, 0.4) is 0 Å². The second kappa shape index (κ2) is 4.07. The molecule has 6 nitrogen and oxygen atoms in total. The molecule has 0 aliphatic carbocycles. The van der Waals surface area contributed by atoms with Gasteiger partial charge in [0.15, 0.2) is 0 Å². The van der Waals surface area contributed by atoms with Crippen LogP contribution in [-0.4, -0.2) is 47.5 Å². The van der Waals surface area contributed by atoms with E-state index >= 15 is 0 Å². The van der Waals surface area contributed by atoms with Crippen molar-refractivity contribution in [2.45, 2.75) is 6.42 Å². The lowest BCUT2D eigenvalue weighted by Crippen LogP contribution is -2.29. The van der Waals surface area contributed by atoms with E-state index < -0.39 is 10.2 Å². The van der Waals surface area contributed by atoms with Crippen molar-refractivity contribution in [1.29, 1.82) is 0 Å². The summed E-state index contributed by atoms with van der Waals surface area (Å²) in [6, 6.07) is 0. The van der Waals surface area contributed by atoms with E-state index in [4.69, 9.17) is 5.11 Å². The van der Waals surface area contributed by atoms with Crippen molar-refractivity contribution in [3.05, 3.63) is 18.2 Å². The fraction of sp³-hybridized carbons (Fsp3) is 0.571. The number of hydrogen-bond acceptors (Lipinski definition) is 4. The Morgan fingerprint density at radius 3 is 2.71 bits per heavy atom. The number of aliphatic hydroxyl groups is 1. The number of nitrogens with zero attached hydrogens (tertiary/aromatic N) is 3. The van der Waals surface area contributed by atoms with Gasteiger partial charge in [0.05, 0.1) is 6.61 Å². The highest BCUT2D eigenvalue weighted by atomic mass is 32.2. The summed E-state index contributed by atoms with van der Waals surface area (Å²) in [6.07, 6.45) is 2.98. The van der Waals surface area contributed by atoms with Crippen LogP contribution in [0, 0.1) is 0 Å². The van der Waals surface area contributed by atoms with Crippen molar-refractivity contribution in [2.24, 2.45) is 0 Å². The summed E-state index contributed by atoms with van der Waals surface area (Å²) in [5, 5.41) is 8.71. The molecule has 0 saturated carbocycles. The van der Waals surface area contributed by atoms with Gasteiger partial charge < -0.3 is 5.11 Å². The van der Waals surface area contributed by atoms with E-state index in [-0.39, 0.29) is 13.0 Å². The highest BCUT2D eigenvalue weighted by molar-refractivity contribution is 7.87. The summed E-state index contributed by atoms with van der Waals surface area (Å²) in [5.74, 6) is 0.334. The van der Waals surface area contributed by atoms with Crippen molar-refractivity contribution >= 4 is 10.2 Å². The van der Waals surface area contributed by atoms with Crippen molar-refractivity contribution in [3.63, 3.8) is 0 Å². The molecular formula is C7H13N3O3S. The van der Waals surface area contributed by atoms with Crippen LogP contribution in [0.5, 0.6) is 0 Å². The maximum absolute atomic E-state index is 11.7. The quantitative estimate of drug-likeness (QED) is 0.710. The van der Waals surface area contributed by atoms with E-state index in [0.29, 0.717) is 5.82 Å². The van der Waals surface area contributed by atoms with Crippen LogP contribution in [0.25, 0.3) is 0 Å². The first-order valence-electron chi connectivity index (χ1n) is 4.06. The molecule has 1 N–H and O–H groups in total. The van der Waals surface area contributed by atoms with Crippen LogP contribution in [-0.2, 0) is 16.6 Å². The Morgan fingerprint density at radius 1 is 1.57 bits per heavy atom. The third-order valence-corrected chi connectivity index (χ3v) is 3.48. The molecule has 1 rings (SSSR count). The highest BCUT2D eigenvalue weighted by Gasteiger charge is 2.18. The lowest BCUT2D eigenvalue weighted by Gasteiger charge is -2.13. The van der Waals surface area contributed by atoms with Crippen LogP contribution in [0.1, 0.15) is 5.82 Å². The van der Waals surface area contributed by atoms with Crippen molar-refractivity contribution in [2.75, 3.05) is 20.7 Å². The standard InChI is InChI=1S/C7H13N3O3S/c1-9(2)14(12,13)10-5-4-8-7(10)3-6-11/h4-5,11H,3,6H2,1-2H3. The van der Waals surface area contributed by atoms with E-state index in [1.54, 1.807) is 0 Å². The molecule has 0 spiro atoms. The number of aromatic nitrogens is 2. The zero-order chi connectivity index (χ0) is 10.8. The van der Waals surface area contributed by atoms with E-state index in [0.717, 1.165) is 8.28 Å². The molecule has 1 aromatic heterocycles. The van der Waals surface area contributed by atoms with Crippen LogP contribution >= 0.6 is 0 Å². The molecule has 0 aliphatic heterocycles. The average Bonchev–Trinajstić information content (AvgIpc) is 2.53.